The van der Waals surface area contributed by atoms with Crippen molar-refractivity contribution in [1.29, 1.82) is 0 Å². The fraction of sp³-hybridized carbons (Fsp3) is 0.568. The van der Waals surface area contributed by atoms with Crippen LogP contribution in [0.2, 0.25) is 0 Å². The van der Waals surface area contributed by atoms with Gasteiger partial charge in [0.1, 0.15) is 17.4 Å². The largest absolute Gasteiger partial charge is 0.374 e. The van der Waals surface area contributed by atoms with Crippen molar-refractivity contribution < 1.29 is 27.9 Å². The summed E-state index contributed by atoms with van der Waals surface area (Å²) in [7, 11) is 0. The van der Waals surface area contributed by atoms with Crippen LogP contribution in [-0.2, 0) is 14.3 Å². The number of piperidine rings is 1. The van der Waals surface area contributed by atoms with Crippen LogP contribution >= 0.6 is 0 Å². The van der Waals surface area contributed by atoms with Gasteiger partial charge in [0.05, 0.1) is 47.9 Å². The average molecular weight is 866 g/mol. The number of carbonyl (C=O) groups is 3. The number of morpholine rings is 1. The molecule has 3 atom stereocenters. The smallest absolute Gasteiger partial charge is 0.284 e. The number of benzene rings is 1. The highest BCUT2D eigenvalue weighted by Crippen LogP contribution is 2.38. The third-order valence-electron chi connectivity index (χ3n) is 14.4. The van der Waals surface area contributed by atoms with Gasteiger partial charge in [0.2, 0.25) is 5.91 Å². The van der Waals surface area contributed by atoms with Crippen LogP contribution in [0.1, 0.15) is 85.2 Å². The molecular weight excluding hydrogens is 813 g/mol. The lowest BCUT2D eigenvalue weighted by Crippen LogP contribution is -2.55. The molecule has 2 N–H and O–H groups in total. The zero-order valence-electron chi connectivity index (χ0n) is 35.4. The first-order valence-electron chi connectivity index (χ1n) is 22.5. The fourth-order valence-corrected chi connectivity index (χ4v) is 11.0. The van der Waals surface area contributed by atoms with Gasteiger partial charge in [-0.05, 0) is 69.6 Å². The van der Waals surface area contributed by atoms with Gasteiger partial charge in [-0.1, -0.05) is 6.07 Å². The molecule has 17 nitrogen and oxygen atoms in total. The molecule has 5 aliphatic heterocycles. The topological polar surface area (TPSA) is 163 Å². The maximum absolute atomic E-state index is 14.3. The fourth-order valence-electron chi connectivity index (χ4n) is 11.0. The number of hydrogen-bond donors (Lipinski definition) is 2. The highest BCUT2D eigenvalue weighted by atomic mass is 19.3. The van der Waals surface area contributed by atoms with Crippen molar-refractivity contribution in [2.45, 2.75) is 82.5 Å². The number of aromatic nitrogens is 7. The lowest BCUT2D eigenvalue weighted by molar-refractivity contribution is -0.135. The molecule has 5 aromatic rings. The van der Waals surface area contributed by atoms with Gasteiger partial charge in [-0.15, -0.1) is 0 Å². The summed E-state index contributed by atoms with van der Waals surface area (Å²) in [6, 6.07) is 7.82. The molecule has 1 saturated carbocycles. The van der Waals surface area contributed by atoms with Crippen LogP contribution in [0.25, 0.3) is 16.6 Å². The minimum absolute atomic E-state index is 0.0123. The summed E-state index contributed by atoms with van der Waals surface area (Å²) in [4.78, 5) is 52.5. The molecule has 2 bridgehead atoms. The highest BCUT2D eigenvalue weighted by Gasteiger charge is 2.40. The first kappa shape index (κ1) is 40.3. The Labute approximate surface area is 362 Å². The quantitative estimate of drug-likeness (QED) is 0.182. The van der Waals surface area contributed by atoms with Gasteiger partial charge in [0.25, 0.3) is 18.2 Å². The molecule has 1 aromatic carbocycles. The van der Waals surface area contributed by atoms with E-state index in [4.69, 9.17) is 14.8 Å². The summed E-state index contributed by atoms with van der Waals surface area (Å²) in [6.45, 7) is 11.6. The number of hydrogen-bond acceptors (Lipinski definition) is 12. The third kappa shape index (κ3) is 7.60. The number of piperazine rings is 1. The van der Waals surface area contributed by atoms with E-state index >= 15 is 0 Å². The van der Waals surface area contributed by atoms with E-state index in [2.05, 4.69) is 46.5 Å². The Balaban J connectivity index is 0.648. The number of rotatable bonds is 11. The number of anilines is 3. The van der Waals surface area contributed by atoms with Crippen molar-refractivity contribution in [1.82, 2.24) is 49.3 Å². The van der Waals surface area contributed by atoms with Crippen molar-refractivity contribution in [2.24, 2.45) is 11.8 Å². The maximum atomic E-state index is 14.3. The SMILES string of the molecule is Cc1nn([C@H]2CCC(=O)NC2=O)c2cccc(N3CC(CN4CCN(CC5CCC(n6cc(NC(=O)c7cnn8ccc(N9C[C@H]%10C[C@@H]9CO%10)nc78)c(C(F)F)n6)CC5)CC4)C3)c12. The van der Waals surface area contributed by atoms with Crippen LogP contribution in [-0.4, -0.2) is 139 Å². The van der Waals surface area contributed by atoms with Crippen molar-refractivity contribution in [3.05, 3.63) is 59.8 Å². The van der Waals surface area contributed by atoms with Gasteiger partial charge in [0, 0.05) is 94.7 Å². The lowest BCUT2D eigenvalue weighted by Gasteiger charge is -2.45. The van der Waals surface area contributed by atoms with E-state index in [-0.39, 0.29) is 41.3 Å². The molecule has 6 fully saturated rings. The second-order valence-corrected chi connectivity index (χ2v) is 18.5. The Morgan fingerprint density at radius 1 is 0.952 bits per heavy atom. The molecule has 6 aliphatic rings. The van der Waals surface area contributed by atoms with Crippen LogP contribution in [0.5, 0.6) is 0 Å². The summed E-state index contributed by atoms with van der Waals surface area (Å²) in [5, 5.41) is 19.6. The zero-order chi connectivity index (χ0) is 42.9. The predicted molar refractivity (Wildman–Crippen MR) is 229 cm³/mol. The zero-order valence-corrected chi connectivity index (χ0v) is 35.4. The molecule has 5 saturated heterocycles. The molecule has 11 rings (SSSR count). The number of nitrogens with zero attached hydrogens (tertiary/aromatic N) is 11. The Bertz CT molecular complexity index is 2550. The Morgan fingerprint density at radius 2 is 1.73 bits per heavy atom. The highest BCUT2D eigenvalue weighted by molar-refractivity contribution is 6.08. The van der Waals surface area contributed by atoms with Crippen molar-refractivity contribution in [2.75, 3.05) is 80.6 Å². The number of alkyl halides is 2. The monoisotopic (exact) mass is 865 g/mol. The molecule has 0 unspecified atom stereocenters. The first-order chi connectivity index (χ1) is 30.6. The minimum atomic E-state index is -2.84. The second-order valence-electron chi connectivity index (χ2n) is 18.5. The number of aryl methyl sites for hydroxylation is 1. The standard InChI is InChI=1S/C44H53F2N13O4/c1-26-39-34(3-2-4-35(39)59(51-26)36-9-10-38(60)50-44(36)62)55-21-28(22-55)20-54-15-13-53(14-16-54)19-27-5-7-29(8-6-27)58-24-33(40(52-58)41(45)46)48-43(61)32-18-47-57-12-11-37(49-42(32)57)56-23-31-17-30(56)25-63-31/h2-4,11-12,18,24,27-31,36,41H,5-10,13-17,19-23,25H2,1H3,(H,48,61)(H,50,60,62)/t27?,29?,30-,31-,36+/m1/s1. The van der Waals surface area contributed by atoms with Gasteiger partial charge in [-0.2, -0.15) is 15.3 Å². The van der Waals surface area contributed by atoms with Crippen LogP contribution < -0.4 is 20.4 Å². The molecule has 19 heteroatoms. The first-order valence-corrected chi connectivity index (χ1v) is 22.5. The molecule has 4 aromatic heterocycles. The lowest BCUT2D eigenvalue weighted by atomic mass is 9.85. The van der Waals surface area contributed by atoms with Gasteiger partial charge in [-0.25, -0.2) is 18.3 Å². The molecule has 332 valence electrons. The third-order valence-corrected chi connectivity index (χ3v) is 14.4. The average Bonchev–Trinajstić information content (AvgIpc) is 4.12. The molecule has 1 aliphatic carbocycles. The van der Waals surface area contributed by atoms with E-state index in [1.54, 1.807) is 21.8 Å². The molecule has 0 spiro atoms. The van der Waals surface area contributed by atoms with Crippen LogP contribution in [0.15, 0.2) is 42.9 Å². The predicted octanol–water partition coefficient (Wildman–Crippen LogP) is 4.21. The molecule has 63 heavy (non-hydrogen) atoms. The number of fused-ring (bicyclic) bond motifs is 4. The summed E-state index contributed by atoms with van der Waals surface area (Å²) in [5.74, 6) is 0.794. The van der Waals surface area contributed by atoms with E-state index in [0.29, 0.717) is 36.9 Å². The Hall–Kier alpha value is -5.53. The van der Waals surface area contributed by atoms with Gasteiger partial charge in [-0.3, -0.25) is 29.1 Å². The number of amides is 3. The normalized spacial score (nSPS) is 26.1. The van der Waals surface area contributed by atoms with Crippen LogP contribution in [0.4, 0.5) is 26.0 Å². The number of carbonyl (C=O) groups excluding carboxylic acids is 3. The number of ether oxygens (including phenoxy) is 1. The van der Waals surface area contributed by atoms with E-state index in [1.807, 2.05) is 25.1 Å². The second kappa shape index (κ2) is 16.2. The van der Waals surface area contributed by atoms with E-state index in [1.165, 1.54) is 10.7 Å². The Morgan fingerprint density at radius 3 is 2.44 bits per heavy atom. The van der Waals surface area contributed by atoms with Crippen molar-refractivity contribution in [3.8, 4) is 0 Å². The van der Waals surface area contributed by atoms with E-state index in [9.17, 15) is 23.2 Å². The number of nitrogens with one attached hydrogen (secondary N) is 2. The molecule has 3 amide bonds. The van der Waals surface area contributed by atoms with Crippen LogP contribution in [0, 0.1) is 18.8 Å². The van der Waals surface area contributed by atoms with Gasteiger partial charge < -0.3 is 29.7 Å². The van der Waals surface area contributed by atoms with Crippen LogP contribution in [0.3, 0.4) is 0 Å². The van der Waals surface area contributed by atoms with Crippen molar-refractivity contribution in [3.63, 3.8) is 0 Å². The van der Waals surface area contributed by atoms with Gasteiger partial charge >= 0.3 is 0 Å². The van der Waals surface area contributed by atoms with E-state index in [0.717, 1.165) is 119 Å². The van der Waals surface area contributed by atoms with Gasteiger partial charge in [0.15, 0.2) is 11.3 Å². The summed E-state index contributed by atoms with van der Waals surface area (Å²) in [5.41, 5.74) is 3.14. The Kier molecular flexibility index (Phi) is 10.4. The molecular formula is C44H53F2N13O4. The molecule has 0 radical (unpaired) electrons. The molecule has 9 heterocycles. The summed E-state index contributed by atoms with van der Waals surface area (Å²) >= 11 is 0. The number of halogens is 2. The van der Waals surface area contributed by atoms with E-state index < -0.39 is 24.1 Å². The maximum Gasteiger partial charge on any atom is 0.284 e. The number of imide groups is 1. The van der Waals surface area contributed by atoms with Crippen molar-refractivity contribution >= 4 is 51.5 Å². The minimum Gasteiger partial charge on any atom is -0.374 e. The summed E-state index contributed by atoms with van der Waals surface area (Å²) in [6.07, 6.45) is 7.50. The summed E-state index contributed by atoms with van der Waals surface area (Å²) < 4.78 is 39.3.